The van der Waals surface area contributed by atoms with Crippen LogP contribution in [-0.2, 0) is 0 Å². The average molecular weight is 387 g/mol. The topological polar surface area (TPSA) is 43.1 Å². The maximum Gasteiger partial charge on any atom is 0.269 e. The first-order chi connectivity index (χ1) is 14.7. The summed E-state index contributed by atoms with van der Waals surface area (Å²) < 4.78 is 0. The van der Waals surface area contributed by atoms with Gasteiger partial charge in [0.15, 0.2) is 0 Å². The smallest absolute Gasteiger partial charge is 0.258 e. The van der Waals surface area contributed by atoms with Crippen LogP contribution >= 0.6 is 0 Å². The maximum absolute atomic E-state index is 10.8. The second kappa shape index (κ2) is 8.78. The standard InChI is InChI=1S/C27H17NO2/c29-28(30)27-18-14-22(15-19-27)13-17-24-9-5-10-25-20-26(24)11-4-8-23(25)16-12-21-6-2-1-3-7-21/h1-11,14-15,18-19H,20H2. The number of nitro groups is 1. The van der Waals surface area contributed by atoms with E-state index in [1.54, 1.807) is 12.1 Å². The Morgan fingerprint density at radius 2 is 1.47 bits per heavy atom. The lowest BCUT2D eigenvalue weighted by molar-refractivity contribution is -0.384. The van der Waals surface area contributed by atoms with Crippen molar-refractivity contribution >= 4 is 5.69 Å². The highest BCUT2D eigenvalue weighted by atomic mass is 16.6. The molecule has 0 radical (unpaired) electrons. The normalized spacial score (nSPS) is 14.3. The number of fused-ring (bicyclic) bond motifs is 2. The van der Waals surface area contributed by atoms with Gasteiger partial charge in [0.25, 0.3) is 5.69 Å². The monoisotopic (exact) mass is 387 g/mol. The molecule has 2 bridgehead atoms. The number of allylic oxidation sites excluding steroid dienone is 10. The second-order valence-corrected chi connectivity index (χ2v) is 6.78. The van der Waals surface area contributed by atoms with E-state index < -0.39 is 4.92 Å². The minimum absolute atomic E-state index is 0.0627. The van der Waals surface area contributed by atoms with E-state index in [4.69, 9.17) is 0 Å². The molecule has 3 heteroatoms. The fourth-order valence-corrected chi connectivity index (χ4v) is 3.14. The molecule has 30 heavy (non-hydrogen) atoms. The van der Waals surface area contributed by atoms with Gasteiger partial charge in [-0.3, -0.25) is 10.1 Å². The van der Waals surface area contributed by atoms with E-state index in [1.165, 1.54) is 12.1 Å². The minimum Gasteiger partial charge on any atom is -0.258 e. The Bertz CT molecular complexity index is 1260. The van der Waals surface area contributed by atoms with E-state index >= 15 is 0 Å². The molecule has 2 aromatic rings. The fourth-order valence-electron chi connectivity index (χ4n) is 3.14. The predicted octanol–water partition coefficient (Wildman–Crippen LogP) is 5.68. The highest BCUT2D eigenvalue weighted by Gasteiger charge is 2.12. The van der Waals surface area contributed by atoms with Crippen molar-refractivity contribution in [1.29, 1.82) is 0 Å². The lowest BCUT2D eigenvalue weighted by atomic mass is 9.98. The summed E-state index contributed by atoms with van der Waals surface area (Å²) in [6.07, 6.45) is 13.0. The van der Waals surface area contributed by atoms with Crippen molar-refractivity contribution in [1.82, 2.24) is 0 Å². The Morgan fingerprint density at radius 3 is 2.23 bits per heavy atom. The molecular weight excluding hydrogens is 370 g/mol. The molecule has 0 saturated heterocycles. The molecular formula is C27H17NO2. The van der Waals surface area contributed by atoms with Gasteiger partial charge >= 0.3 is 0 Å². The Kier molecular flexibility index (Phi) is 5.56. The molecule has 3 nitrogen and oxygen atoms in total. The zero-order valence-electron chi connectivity index (χ0n) is 16.1. The van der Waals surface area contributed by atoms with Crippen LogP contribution in [0.1, 0.15) is 17.5 Å². The molecule has 0 aromatic heterocycles. The van der Waals surface area contributed by atoms with Gasteiger partial charge in [-0.1, -0.05) is 66.2 Å². The van der Waals surface area contributed by atoms with Crippen molar-refractivity contribution in [3.05, 3.63) is 135 Å². The molecule has 0 amide bonds. The summed E-state index contributed by atoms with van der Waals surface area (Å²) >= 11 is 0. The first kappa shape index (κ1) is 19.0. The SMILES string of the molecule is O=[N+]([O-])c1ccc(C#CC2=C3C=CC=C(C#Cc4ccccc4)C(=CC=C2)C3)cc1. The number of rotatable bonds is 1. The van der Waals surface area contributed by atoms with Crippen LogP contribution in [0.4, 0.5) is 5.69 Å². The van der Waals surface area contributed by atoms with Gasteiger partial charge in [0, 0.05) is 34.4 Å². The Morgan fingerprint density at radius 1 is 0.767 bits per heavy atom. The second-order valence-electron chi connectivity index (χ2n) is 6.78. The van der Waals surface area contributed by atoms with Crippen molar-refractivity contribution in [2.24, 2.45) is 0 Å². The van der Waals surface area contributed by atoms with Gasteiger partial charge in [-0.2, -0.15) is 0 Å². The van der Waals surface area contributed by atoms with Crippen LogP contribution in [0.25, 0.3) is 0 Å². The van der Waals surface area contributed by atoms with Crippen molar-refractivity contribution in [3.8, 4) is 23.7 Å². The van der Waals surface area contributed by atoms with E-state index in [0.717, 1.165) is 39.8 Å². The molecule has 0 saturated carbocycles. The summed E-state index contributed by atoms with van der Waals surface area (Å²) in [7, 11) is 0. The van der Waals surface area contributed by atoms with Gasteiger partial charge in [0.05, 0.1) is 4.92 Å². The first-order valence-corrected chi connectivity index (χ1v) is 9.52. The lowest BCUT2D eigenvalue weighted by Crippen LogP contribution is -1.90. The first-order valence-electron chi connectivity index (χ1n) is 9.52. The van der Waals surface area contributed by atoms with Gasteiger partial charge in [0.2, 0.25) is 0 Å². The highest BCUT2D eigenvalue weighted by Crippen LogP contribution is 2.28. The van der Waals surface area contributed by atoms with Crippen LogP contribution in [0.15, 0.2) is 113 Å². The van der Waals surface area contributed by atoms with Crippen molar-refractivity contribution in [2.75, 3.05) is 0 Å². The lowest BCUT2D eigenvalue weighted by Gasteiger charge is -2.05. The van der Waals surface area contributed by atoms with E-state index in [-0.39, 0.29) is 5.69 Å². The summed E-state index contributed by atoms with van der Waals surface area (Å²) in [5.41, 5.74) is 6.00. The third-order valence-electron chi connectivity index (χ3n) is 4.73. The van der Waals surface area contributed by atoms with E-state index in [0.29, 0.717) is 0 Å². The molecule has 0 spiro atoms. The Balaban J connectivity index is 1.58. The Hall–Kier alpha value is -4.34. The van der Waals surface area contributed by atoms with Crippen LogP contribution < -0.4 is 0 Å². The van der Waals surface area contributed by atoms with Gasteiger partial charge < -0.3 is 0 Å². The molecule has 142 valence electrons. The maximum atomic E-state index is 10.8. The molecule has 4 rings (SSSR count). The molecule has 2 aliphatic rings. The highest BCUT2D eigenvalue weighted by molar-refractivity contribution is 5.61. The van der Waals surface area contributed by atoms with Crippen LogP contribution in [0.5, 0.6) is 0 Å². The molecule has 0 N–H and O–H groups in total. The van der Waals surface area contributed by atoms with E-state index in [9.17, 15) is 10.1 Å². The molecule has 2 aromatic carbocycles. The summed E-state index contributed by atoms with van der Waals surface area (Å²) in [6.45, 7) is 0. The zero-order chi connectivity index (χ0) is 20.8. The number of nitrogens with zero attached hydrogens (tertiary/aromatic N) is 1. The van der Waals surface area contributed by atoms with Gasteiger partial charge in [-0.05, 0) is 54.0 Å². The van der Waals surface area contributed by atoms with E-state index in [1.807, 2.05) is 54.6 Å². The summed E-state index contributed by atoms with van der Waals surface area (Å²) in [5, 5.41) is 10.8. The number of hydrogen-bond donors (Lipinski definition) is 0. The van der Waals surface area contributed by atoms with Crippen molar-refractivity contribution < 1.29 is 4.92 Å². The molecule has 0 fully saturated rings. The third kappa shape index (κ3) is 4.55. The molecule has 0 heterocycles. The van der Waals surface area contributed by atoms with Crippen LogP contribution in [0.3, 0.4) is 0 Å². The summed E-state index contributed by atoms with van der Waals surface area (Å²) in [6, 6.07) is 16.2. The largest absolute Gasteiger partial charge is 0.269 e. The van der Waals surface area contributed by atoms with Crippen molar-refractivity contribution in [3.63, 3.8) is 0 Å². The van der Waals surface area contributed by atoms with Crippen LogP contribution in [0.2, 0.25) is 0 Å². The molecule has 0 aliphatic heterocycles. The van der Waals surface area contributed by atoms with Crippen LogP contribution in [-0.4, -0.2) is 4.92 Å². The van der Waals surface area contributed by atoms with E-state index in [2.05, 4.69) is 35.8 Å². The number of nitro benzene ring substituents is 1. The summed E-state index contributed by atoms with van der Waals surface area (Å²) in [5.74, 6) is 12.8. The predicted molar refractivity (Wildman–Crippen MR) is 119 cm³/mol. The zero-order valence-corrected chi connectivity index (χ0v) is 16.1. The molecule has 0 unspecified atom stereocenters. The van der Waals surface area contributed by atoms with Crippen LogP contribution in [0, 0.1) is 33.8 Å². The van der Waals surface area contributed by atoms with Gasteiger partial charge in [-0.25, -0.2) is 0 Å². The average Bonchev–Trinajstić information content (AvgIpc) is 3.10. The van der Waals surface area contributed by atoms with Gasteiger partial charge in [0.1, 0.15) is 0 Å². The fraction of sp³-hybridized carbons (Fsp3) is 0.0370. The Labute approximate surface area is 175 Å². The van der Waals surface area contributed by atoms with Crippen molar-refractivity contribution in [2.45, 2.75) is 6.42 Å². The number of non-ortho nitro benzene ring substituents is 1. The molecule has 2 aliphatic carbocycles. The third-order valence-corrected chi connectivity index (χ3v) is 4.73. The summed E-state index contributed by atoms with van der Waals surface area (Å²) in [4.78, 5) is 10.4. The quantitative estimate of drug-likeness (QED) is 0.359. The number of benzene rings is 2. The minimum atomic E-state index is -0.412. The van der Waals surface area contributed by atoms with Gasteiger partial charge in [-0.15, -0.1) is 0 Å². The molecule has 0 atom stereocenters. The number of hydrogen-bond acceptors (Lipinski definition) is 2.